The Balaban J connectivity index is 1.49. The molecule has 0 fully saturated rings. The zero-order valence-corrected chi connectivity index (χ0v) is 23.6. The molecule has 42 heavy (non-hydrogen) atoms. The molecule has 0 aromatic heterocycles. The third kappa shape index (κ3) is 5.32. The Labute approximate surface area is 242 Å². The van der Waals surface area contributed by atoms with Gasteiger partial charge in [0, 0.05) is 24.0 Å². The molecule has 0 bridgehead atoms. The van der Waals surface area contributed by atoms with Crippen LogP contribution in [-0.4, -0.2) is 55.1 Å². The van der Waals surface area contributed by atoms with Gasteiger partial charge in [-0.25, -0.2) is 4.39 Å². The molecule has 3 aromatic carbocycles. The lowest BCUT2D eigenvalue weighted by Gasteiger charge is -2.25. The molecular weight excluding hydrogens is 541 g/mol. The van der Waals surface area contributed by atoms with Crippen LogP contribution in [0.2, 0.25) is 0 Å². The molecule has 1 unspecified atom stereocenters. The number of ether oxygens (including phenoxy) is 1. The van der Waals surface area contributed by atoms with E-state index in [2.05, 4.69) is 15.4 Å². The van der Waals surface area contributed by atoms with Crippen LogP contribution in [-0.2, 0) is 42.2 Å². The van der Waals surface area contributed by atoms with Gasteiger partial charge in [-0.3, -0.25) is 19.2 Å². The predicted octanol–water partition coefficient (Wildman–Crippen LogP) is 3.53. The first-order chi connectivity index (χ1) is 20.0. The molecule has 2 aliphatic heterocycles. The molecule has 2 amide bonds. The topological polar surface area (TPSA) is 125 Å². The number of fused-ring (bicyclic) bond motifs is 2. The van der Waals surface area contributed by atoms with Gasteiger partial charge in [0.25, 0.3) is 0 Å². The van der Waals surface area contributed by atoms with Crippen molar-refractivity contribution in [1.82, 2.24) is 5.32 Å². The molecule has 3 aromatic rings. The van der Waals surface area contributed by atoms with E-state index < -0.39 is 29.2 Å². The minimum absolute atomic E-state index is 0.0280. The second kappa shape index (κ2) is 11.3. The summed E-state index contributed by atoms with van der Waals surface area (Å²) in [5, 5.41) is 15.7. The van der Waals surface area contributed by atoms with E-state index in [0.29, 0.717) is 34.5 Å². The Hall–Kier alpha value is -4.73. The Kier molecular flexibility index (Phi) is 7.73. The lowest BCUT2D eigenvalue weighted by Crippen LogP contribution is -2.48. The monoisotopic (exact) mass is 573 g/mol. The maximum absolute atomic E-state index is 14.0. The van der Waals surface area contributed by atoms with E-state index in [0.717, 1.165) is 11.1 Å². The van der Waals surface area contributed by atoms with Crippen LogP contribution in [0.3, 0.4) is 0 Å². The molecule has 0 aliphatic carbocycles. The van der Waals surface area contributed by atoms with Gasteiger partial charge in [0.2, 0.25) is 11.8 Å². The quantitative estimate of drug-likeness (QED) is 0.352. The first-order valence-corrected chi connectivity index (χ1v) is 13.7. The van der Waals surface area contributed by atoms with Crippen LogP contribution in [0.25, 0.3) is 0 Å². The van der Waals surface area contributed by atoms with Crippen molar-refractivity contribution < 1.29 is 33.4 Å². The van der Waals surface area contributed by atoms with E-state index in [1.54, 1.807) is 49.1 Å². The number of carboxylic acids is 1. The van der Waals surface area contributed by atoms with Crippen molar-refractivity contribution in [3.63, 3.8) is 0 Å². The molecular formula is C32H32FN3O6. The Morgan fingerprint density at radius 3 is 2.50 bits per heavy atom. The predicted molar refractivity (Wildman–Crippen MR) is 154 cm³/mol. The number of hydrogen-bond donors (Lipinski definition) is 3. The molecule has 3 atom stereocenters. The number of nitrogens with zero attached hydrogens (tertiary/aromatic N) is 1. The maximum atomic E-state index is 14.0. The Morgan fingerprint density at radius 2 is 1.81 bits per heavy atom. The lowest BCUT2D eigenvalue weighted by molar-refractivity contribution is -0.141. The fourth-order valence-electron chi connectivity index (χ4n) is 5.97. The summed E-state index contributed by atoms with van der Waals surface area (Å²) in [7, 11) is 1.23. The van der Waals surface area contributed by atoms with Crippen molar-refractivity contribution in [1.29, 1.82) is 0 Å². The highest BCUT2D eigenvalue weighted by molar-refractivity contribution is 6.03. The molecule has 5 rings (SSSR count). The van der Waals surface area contributed by atoms with Crippen molar-refractivity contribution in [2.45, 2.75) is 44.1 Å². The van der Waals surface area contributed by atoms with Gasteiger partial charge in [-0.15, -0.1) is 0 Å². The molecule has 9 nitrogen and oxygen atoms in total. The van der Waals surface area contributed by atoms with Crippen molar-refractivity contribution >= 4 is 35.1 Å². The summed E-state index contributed by atoms with van der Waals surface area (Å²) in [4.78, 5) is 52.8. The molecule has 3 N–H and O–H groups in total. The van der Waals surface area contributed by atoms with Crippen molar-refractivity contribution in [2.24, 2.45) is 0 Å². The summed E-state index contributed by atoms with van der Waals surface area (Å²) in [5.74, 6) is -3.43. The zero-order valence-electron chi connectivity index (χ0n) is 23.6. The number of hydrogen-bond acceptors (Lipinski definition) is 6. The highest BCUT2D eigenvalue weighted by atomic mass is 19.1. The average Bonchev–Trinajstić information content (AvgIpc) is 3.47. The van der Waals surface area contributed by atoms with E-state index in [1.807, 2.05) is 18.2 Å². The number of carbonyl (C=O) groups is 4. The number of amides is 2. The van der Waals surface area contributed by atoms with Gasteiger partial charge in [0.05, 0.1) is 18.9 Å². The van der Waals surface area contributed by atoms with Crippen LogP contribution in [0.1, 0.15) is 47.6 Å². The van der Waals surface area contributed by atoms with E-state index in [4.69, 9.17) is 0 Å². The Morgan fingerprint density at radius 1 is 1.10 bits per heavy atom. The lowest BCUT2D eigenvalue weighted by atomic mass is 9.83. The fraction of sp³-hybridized carbons (Fsp3) is 0.312. The normalized spacial score (nSPS) is 20.3. The second-order valence-electron chi connectivity index (χ2n) is 11.0. The first kappa shape index (κ1) is 28.8. The van der Waals surface area contributed by atoms with Gasteiger partial charge in [-0.1, -0.05) is 36.4 Å². The molecule has 2 aliphatic rings. The van der Waals surface area contributed by atoms with E-state index >= 15 is 0 Å². The van der Waals surface area contributed by atoms with Crippen molar-refractivity contribution in [3.05, 3.63) is 94.3 Å². The van der Waals surface area contributed by atoms with Crippen LogP contribution in [0.5, 0.6) is 0 Å². The van der Waals surface area contributed by atoms with Crippen LogP contribution in [0, 0.1) is 5.82 Å². The molecule has 0 saturated carbocycles. The van der Waals surface area contributed by atoms with Gasteiger partial charge < -0.3 is 25.4 Å². The standard InChI is InChI=1S/C32H32FN3O6/c1-18-28(30(39)40)29-21(5-4-6-24(29)35-18)15-26(37)36-17-32(2,31(41)34-16-27(38)42-3)23-12-9-20(14-25(23)36)13-19-7-10-22(33)11-8-19/h4-12,14,18,28,35H,13,15-17H2,1-3H3,(H,34,41)(H,39,40)/t18-,28?,32+/m1/s1. The highest BCUT2D eigenvalue weighted by Crippen LogP contribution is 2.43. The summed E-state index contributed by atoms with van der Waals surface area (Å²) < 4.78 is 18.1. The van der Waals surface area contributed by atoms with Gasteiger partial charge in [0.1, 0.15) is 18.3 Å². The van der Waals surface area contributed by atoms with E-state index in [9.17, 15) is 28.7 Å². The zero-order chi connectivity index (χ0) is 30.2. The van der Waals surface area contributed by atoms with Crippen LogP contribution in [0.4, 0.5) is 15.8 Å². The third-order valence-corrected chi connectivity index (χ3v) is 8.16. The number of carbonyl (C=O) groups excluding carboxylic acids is 3. The van der Waals surface area contributed by atoms with Gasteiger partial charge in [-0.2, -0.15) is 0 Å². The number of anilines is 2. The molecule has 0 saturated heterocycles. The van der Waals surface area contributed by atoms with E-state index in [-0.39, 0.29) is 37.3 Å². The van der Waals surface area contributed by atoms with Crippen LogP contribution in [0.15, 0.2) is 60.7 Å². The van der Waals surface area contributed by atoms with Crippen LogP contribution >= 0.6 is 0 Å². The number of carboxylic acid groups (broad SMARTS) is 1. The number of benzene rings is 3. The van der Waals surface area contributed by atoms with Crippen molar-refractivity contribution in [3.8, 4) is 0 Å². The summed E-state index contributed by atoms with van der Waals surface area (Å²) in [6.07, 6.45) is 0.416. The number of esters is 1. The SMILES string of the molecule is COC(=O)CNC(=O)[C@@]1(C)CN(C(=O)Cc2cccc3c2C(C(=O)O)[C@@H](C)N3)c2cc(Cc3ccc(F)cc3)ccc21. The number of rotatable bonds is 8. The summed E-state index contributed by atoms with van der Waals surface area (Å²) >= 11 is 0. The average molecular weight is 574 g/mol. The maximum Gasteiger partial charge on any atom is 0.325 e. The first-order valence-electron chi connectivity index (χ1n) is 13.7. The smallest absolute Gasteiger partial charge is 0.325 e. The number of methoxy groups -OCH3 is 1. The fourth-order valence-corrected chi connectivity index (χ4v) is 5.97. The summed E-state index contributed by atoms with van der Waals surface area (Å²) in [5.41, 5.74) is 3.65. The van der Waals surface area contributed by atoms with E-state index in [1.165, 1.54) is 19.2 Å². The Bertz CT molecular complexity index is 1570. The molecule has 0 radical (unpaired) electrons. The second-order valence-corrected chi connectivity index (χ2v) is 11.0. The number of nitrogens with one attached hydrogen (secondary N) is 2. The summed E-state index contributed by atoms with van der Waals surface area (Å²) in [6.45, 7) is 3.23. The largest absolute Gasteiger partial charge is 0.481 e. The minimum Gasteiger partial charge on any atom is -0.481 e. The number of aliphatic carboxylic acids is 1. The molecule has 10 heteroatoms. The van der Waals surface area contributed by atoms with Gasteiger partial charge in [-0.05, 0) is 72.4 Å². The van der Waals surface area contributed by atoms with Gasteiger partial charge >= 0.3 is 11.9 Å². The van der Waals surface area contributed by atoms with Gasteiger partial charge in [0.15, 0.2) is 0 Å². The third-order valence-electron chi connectivity index (χ3n) is 8.16. The highest BCUT2D eigenvalue weighted by Gasteiger charge is 2.47. The number of halogens is 1. The van der Waals surface area contributed by atoms with Crippen molar-refractivity contribution in [2.75, 3.05) is 30.4 Å². The summed E-state index contributed by atoms with van der Waals surface area (Å²) in [6, 6.07) is 16.7. The molecule has 2 heterocycles. The van der Waals surface area contributed by atoms with Crippen LogP contribution < -0.4 is 15.5 Å². The molecule has 218 valence electrons. The molecule has 0 spiro atoms. The minimum atomic E-state index is -1.16.